The van der Waals surface area contributed by atoms with Gasteiger partial charge in [-0.2, -0.15) is 0 Å². The van der Waals surface area contributed by atoms with Gasteiger partial charge < -0.3 is 10.8 Å². The van der Waals surface area contributed by atoms with Gasteiger partial charge in [-0.05, 0) is 12.0 Å². The third kappa shape index (κ3) is 2.23. The minimum atomic E-state index is -1.06. The van der Waals surface area contributed by atoms with Gasteiger partial charge in [-0.25, -0.2) is 0 Å². The van der Waals surface area contributed by atoms with Crippen molar-refractivity contribution in [2.75, 3.05) is 13.1 Å². The van der Waals surface area contributed by atoms with Gasteiger partial charge in [-0.15, -0.1) is 0 Å². The van der Waals surface area contributed by atoms with E-state index >= 15 is 0 Å². The van der Waals surface area contributed by atoms with Gasteiger partial charge in [0.05, 0.1) is 0 Å². The van der Waals surface area contributed by atoms with Crippen molar-refractivity contribution in [3.05, 3.63) is 35.9 Å². The van der Waals surface area contributed by atoms with Crippen LogP contribution in [0.25, 0.3) is 0 Å². The molecule has 1 heterocycles. The van der Waals surface area contributed by atoms with Crippen molar-refractivity contribution in [1.82, 2.24) is 4.90 Å². The minimum Gasteiger partial charge on any atom is -0.480 e. The van der Waals surface area contributed by atoms with Gasteiger partial charge in [-0.3, -0.25) is 9.69 Å². The molecule has 1 unspecified atom stereocenters. The molecular formula is C12H16N2O2. The van der Waals surface area contributed by atoms with Crippen LogP contribution in [0.3, 0.4) is 0 Å². The van der Waals surface area contributed by atoms with E-state index in [1.54, 1.807) is 0 Å². The van der Waals surface area contributed by atoms with Gasteiger partial charge in [0, 0.05) is 19.6 Å². The van der Waals surface area contributed by atoms with E-state index < -0.39 is 11.5 Å². The van der Waals surface area contributed by atoms with Gasteiger partial charge in [0.1, 0.15) is 5.54 Å². The molecule has 1 aliphatic heterocycles. The predicted molar refractivity (Wildman–Crippen MR) is 60.9 cm³/mol. The van der Waals surface area contributed by atoms with Crippen LogP contribution >= 0.6 is 0 Å². The van der Waals surface area contributed by atoms with Crippen LogP contribution in [-0.2, 0) is 11.3 Å². The summed E-state index contributed by atoms with van der Waals surface area (Å²) in [5.74, 6) is -0.900. The van der Waals surface area contributed by atoms with Gasteiger partial charge in [0.25, 0.3) is 0 Å². The molecule has 16 heavy (non-hydrogen) atoms. The van der Waals surface area contributed by atoms with Crippen molar-refractivity contribution in [3.8, 4) is 0 Å². The maximum absolute atomic E-state index is 11.0. The second-order valence-corrected chi connectivity index (χ2v) is 4.41. The molecule has 0 amide bonds. The fourth-order valence-electron chi connectivity index (χ4n) is 2.07. The molecule has 86 valence electrons. The first-order chi connectivity index (χ1) is 7.60. The highest BCUT2D eigenvalue weighted by atomic mass is 16.4. The maximum Gasteiger partial charge on any atom is 0.325 e. The number of carboxylic acid groups (broad SMARTS) is 1. The van der Waals surface area contributed by atoms with Crippen LogP contribution in [0.15, 0.2) is 30.3 Å². The lowest BCUT2D eigenvalue weighted by Gasteiger charge is -2.19. The molecule has 0 aromatic heterocycles. The number of hydrogen-bond donors (Lipinski definition) is 2. The highest BCUT2D eigenvalue weighted by Gasteiger charge is 2.40. The minimum absolute atomic E-state index is 0.428. The molecule has 1 fully saturated rings. The number of carboxylic acids is 1. The number of aliphatic carboxylic acids is 1. The fraction of sp³-hybridized carbons (Fsp3) is 0.417. The molecule has 1 aromatic carbocycles. The van der Waals surface area contributed by atoms with E-state index in [9.17, 15) is 4.79 Å². The molecule has 0 bridgehead atoms. The normalized spacial score (nSPS) is 25.8. The Morgan fingerprint density at radius 3 is 2.69 bits per heavy atom. The topological polar surface area (TPSA) is 66.6 Å². The molecule has 4 heteroatoms. The zero-order chi connectivity index (χ0) is 11.6. The van der Waals surface area contributed by atoms with Crippen LogP contribution in [0.4, 0.5) is 0 Å². The third-order valence-electron chi connectivity index (χ3n) is 3.05. The van der Waals surface area contributed by atoms with Crippen LogP contribution in [0.5, 0.6) is 0 Å². The van der Waals surface area contributed by atoms with Crippen LogP contribution < -0.4 is 5.73 Å². The molecule has 4 nitrogen and oxygen atoms in total. The van der Waals surface area contributed by atoms with Crippen molar-refractivity contribution in [2.24, 2.45) is 5.73 Å². The Bertz CT molecular complexity index is 380. The summed E-state index contributed by atoms with van der Waals surface area (Å²) in [7, 11) is 0. The average molecular weight is 220 g/mol. The summed E-state index contributed by atoms with van der Waals surface area (Å²) >= 11 is 0. The lowest BCUT2D eigenvalue weighted by atomic mass is 10.0. The van der Waals surface area contributed by atoms with Gasteiger partial charge in [0.2, 0.25) is 0 Å². The molecular weight excluding hydrogens is 204 g/mol. The second kappa shape index (κ2) is 4.23. The molecule has 3 N–H and O–H groups in total. The quantitative estimate of drug-likeness (QED) is 0.786. The van der Waals surface area contributed by atoms with E-state index in [2.05, 4.69) is 4.90 Å². The fourth-order valence-corrected chi connectivity index (χ4v) is 2.07. The molecule has 0 saturated carbocycles. The number of nitrogens with zero attached hydrogens (tertiary/aromatic N) is 1. The predicted octanol–water partition coefficient (Wildman–Crippen LogP) is 0.674. The van der Waals surface area contributed by atoms with Crippen LogP contribution in [0.2, 0.25) is 0 Å². The summed E-state index contributed by atoms with van der Waals surface area (Å²) < 4.78 is 0. The smallest absolute Gasteiger partial charge is 0.325 e. The zero-order valence-corrected chi connectivity index (χ0v) is 9.10. The maximum atomic E-state index is 11.0. The largest absolute Gasteiger partial charge is 0.480 e. The second-order valence-electron chi connectivity index (χ2n) is 4.41. The Labute approximate surface area is 94.7 Å². The van der Waals surface area contributed by atoms with Crippen molar-refractivity contribution in [3.63, 3.8) is 0 Å². The number of rotatable bonds is 3. The third-order valence-corrected chi connectivity index (χ3v) is 3.05. The highest BCUT2D eigenvalue weighted by molar-refractivity contribution is 5.79. The SMILES string of the molecule is NC1(C(=O)O)CCN(Cc2ccccc2)C1. The molecule has 0 radical (unpaired) electrons. The summed E-state index contributed by atoms with van der Waals surface area (Å²) in [4.78, 5) is 13.1. The Balaban J connectivity index is 1.98. The Morgan fingerprint density at radius 1 is 1.44 bits per heavy atom. The standard InChI is InChI=1S/C12H16N2O2/c13-12(11(15)16)6-7-14(9-12)8-10-4-2-1-3-5-10/h1-5H,6-9,13H2,(H,15,16). The number of hydrogen-bond acceptors (Lipinski definition) is 3. The summed E-state index contributed by atoms with van der Waals surface area (Å²) in [5.41, 5.74) is 5.94. The van der Waals surface area contributed by atoms with E-state index in [1.807, 2.05) is 30.3 Å². The molecule has 1 atom stereocenters. The Morgan fingerprint density at radius 2 is 2.12 bits per heavy atom. The van der Waals surface area contributed by atoms with Gasteiger partial charge in [0.15, 0.2) is 0 Å². The molecule has 0 spiro atoms. The Hall–Kier alpha value is -1.39. The average Bonchev–Trinajstić information content (AvgIpc) is 2.63. The van der Waals surface area contributed by atoms with E-state index in [0.29, 0.717) is 13.0 Å². The first-order valence-corrected chi connectivity index (χ1v) is 5.39. The molecule has 0 aliphatic carbocycles. The van der Waals surface area contributed by atoms with Crippen molar-refractivity contribution >= 4 is 5.97 Å². The van der Waals surface area contributed by atoms with Crippen LogP contribution in [-0.4, -0.2) is 34.6 Å². The lowest BCUT2D eigenvalue weighted by molar-refractivity contribution is -0.142. The van der Waals surface area contributed by atoms with Crippen LogP contribution in [0.1, 0.15) is 12.0 Å². The number of benzene rings is 1. The zero-order valence-electron chi connectivity index (χ0n) is 9.10. The first kappa shape index (κ1) is 11.1. The van der Waals surface area contributed by atoms with Crippen molar-refractivity contribution in [1.29, 1.82) is 0 Å². The molecule has 1 aromatic rings. The van der Waals surface area contributed by atoms with E-state index in [4.69, 9.17) is 10.8 Å². The van der Waals surface area contributed by atoms with Crippen molar-refractivity contribution in [2.45, 2.75) is 18.5 Å². The Kier molecular flexibility index (Phi) is 2.94. The molecule has 2 rings (SSSR count). The number of carbonyl (C=O) groups is 1. The molecule has 1 aliphatic rings. The summed E-state index contributed by atoms with van der Waals surface area (Å²) in [6, 6.07) is 10.0. The van der Waals surface area contributed by atoms with Crippen molar-refractivity contribution < 1.29 is 9.90 Å². The van der Waals surface area contributed by atoms with E-state index in [1.165, 1.54) is 5.56 Å². The highest BCUT2D eigenvalue weighted by Crippen LogP contribution is 2.20. The van der Waals surface area contributed by atoms with Gasteiger partial charge >= 0.3 is 5.97 Å². The van der Waals surface area contributed by atoms with E-state index in [-0.39, 0.29) is 0 Å². The summed E-state index contributed by atoms with van der Waals surface area (Å²) in [6.45, 7) is 1.95. The summed E-state index contributed by atoms with van der Waals surface area (Å²) in [6.07, 6.45) is 0.523. The molecule has 1 saturated heterocycles. The summed E-state index contributed by atoms with van der Waals surface area (Å²) in [5, 5.41) is 9.00. The number of likely N-dealkylation sites (tertiary alicyclic amines) is 1. The van der Waals surface area contributed by atoms with Gasteiger partial charge in [-0.1, -0.05) is 30.3 Å². The van der Waals surface area contributed by atoms with E-state index in [0.717, 1.165) is 13.1 Å². The monoisotopic (exact) mass is 220 g/mol. The van der Waals surface area contributed by atoms with Crippen LogP contribution in [0, 0.1) is 0 Å². The lowest BCUT2D eigenvalue weighted by Crippen LogP contribution is -2.50. The first-order valence-electron chi connectivity index (χ1n) is 5.39. The number of nitrogens with two attached hydrogens (primary N) is 1.